The highest BCUT2D eigenvalue weighted by molar-refractivity contribution is 7.92. The molecule has 3 aromatic rings. The number of rotatable bonds is 4. The Hall–Kier alpha value is -2.90. The lowest BCUT2D eigenvalue weighted by molar-refractivity contribution is 0.102. The lowest BCUT2D eigenvalue weighted by atomic mass is 10.0. The third-order valence-electron chi connectivity index (χ3n) is 5.00. The van der Waals surface area contributed by atoms with Crippen LogP contribution < -0.4 is 9.62 Å². The van der Waals surface area contributed by atoms with Gasteiger partial charge in [-0.1, -0.05) is 29.8 Å². The van der Waals surface area contributed by atoms with Crippen molar-refractivity contribution in [2.45, 2.75) is 24.7 Å². The van der Waals surface area contributed by atoms with Crippen LogP contribution in [-0.4, -0.2) is 25.9 Å². The Kier molecular flexibility index (Phi) is 5.49. The Labute approximate surface area is 180 Å². The summed E-state index contributed by atoms with van der Waals surface area (Å²) in [6.45, 7) is 2.27. The number of hydrogen-bond acceptors (Lipinski definition) is 4. The summed E-state index contributed by atoms with van der Waals surface area (Å²) in [4.78, 5) is 16.9. The summed E-state index contributed by atoms with van der Waals surface area (Å²) in [5.41, 5.74) is 2.68. The minimum absolute atomic E-state index is 0.0194. The summed E-state index contributed by atoms with van der Waals surface area (Å²) in [7, 11) is -3.85. The Morgan fingerprint density at radius 2 is 1.93 bits per heavy atom. The van der Waals surface area contributed by atoms with Crippen LogP contribution in [0.25, 0.3) is 0 Å². The van der Waals surface area contributed by atoms with Crippen molar-refractivity contribution in [2.24, 2.45) is 0 Å². The lowest BCUT2D eigenvalue weighted by Crippen LogP contribution is -2.35. The quantitative estimate of drug-likeness (QED) is 0.649. The summed E-state index contributed by atoms with van der Waals surface area (Å²) in [5.74, 6) is -0.150. The summed E-state index contributed by atoms with van der Waals surface area (Å²) < 4.78 is 28.2. The number of para-hydroxylation sites is 1. The Bertz CT molecular complexity index is 1230. The number of carbonyl (C=O) groups is 1. The van der Waals surface area contributed by atoms with E-state index in [0.717, 1.165) is 24.0 Å². The van der Waals surface area contributed by atoms with Gasteiger partial charge < -0.3 is 5.32 Å². The highest BCUT2D eigenvalue weighted by Gasteiger charge is 2.30. The third-order valence-corrected chi connectivity index (χ3v) is 7.13. The highest BCUT2D eigenvalue weighted by Crippen LogP contribution is 2.33. The number of benzene rings is 2. The molecule has 0 atom stereocenters. The van der Waals surface area contributed by atoms with Gasteiger partial charge in [-0.3, -0.25) is 9.10 Å². The SMILES string of the molecule is Cc1ccnc(NC(=O)c2cc(S(=O)(=O)N3CCCc4ccccc43)ccc2Cl)c1. The molecule has 2 heterocycles. The van der Waals surface area contributed by atoms with E-state index in [1.807, 2.05) is 31.2 Å². The molecule has 0 saturated carbocycles. The van der Waals surface area contributed by atoms with Crippen LogP contribution in [0.15, 0.2) is 65.7 Å². The summed E-state index contributed by atoms with van der Waals surface area (Å²) in [6.07, 6.45) is 3.15. The molecule has 1 aliphatic heterocycles. The fourth-order valence-electron chi connectivity index (χ4n) is 3.50. The number of pyridine rings is 1. The zero-order valence-corrected chi connectivity index (χ0v) is 17.9. The van der Waals surface area contributed by atoms with Crippen LogP contribution in [0.2, 0.25) is 5.02 Å². The molecule has 4 rings (SSSR count). The average molecular weight is 442 g/mol. The summed E-state index contributed by atoms with van der Waals surface area (Å²) in [5, 5.41) is 2.84. The first-order chi connectivity index (χ1) is 14.4. The van der Waals surface area contributed by atoms with Crippen molar-refractivity contribution in [3.8, 4) is 0 Å². The number of hydrogen-bond donors (Lipinski definition) is 1. The van der Waals surface area contributed by atoms with Crippen molar-refractivity contribution >= 4 is 39.0 Å². The van der Waals surface area contributed by atoms with E-state index in [1.54, 1.807) is 18.3 Å². The van der Waals surface area contributed by atoms with Crippen molar-refractivity contribution in [2.75, 3.05) is 16.2 Å². The second-order valence-corrected chi connectivity index (χ2v) is 9.39. The lowest BCUT2D eigenvalue weighted by Gasteiger charge is -2.30. The van der Waals surface area contributed by atoms with Crippen molar-refractivity contribution in [3.63, 3.8) is 0 Å². The fourth-order valence-corrected chi connectivity index (χ4v) is 5.27. The number of halogens is 1. The molecule has 1 amide bonds. The van der Waals surface area contributed by atoms with E-state index < -0.39 is 15.9 Å². The fraction of sp³-hybridized carbons (Fsp3) is 0.182. The smallest absolute Gasteiger partial charge is 0.264 e. The molecule has 30 heavy (non-hydrogen) atoms. The minimum Gasteiger partial charge on any atom is -0.307 e. The molecule has 0 fully saturated rings. The Balaban J connectivity index is 1.68. The standard InChI is InChI=1S/C22H20ClN3O3S/c1-15-10-11-24-21(13-15)25-22(27)18-14-17(8-9-19(18)23)30(28,29)26-12-4-6-16-5-2-3-7-20(16)26/h2-3,5,7-11,13-14H,4,6,12H2,1H3,(H,24,25,27). The molecule has 6 nitrogen and oxygen atoms in total. The molecular weight excluding hydrogens is 422 g/mol. The molecule has 0 saturated heterocycles. The van der Waals surface area contributed by atoms with Crippen LogP contribution in [0.4, 0.5) is 11.5 Å². The maximum absolute atomic E-state index is 13.4. The van der Waals surface area contributed by atoms with Gasteiger partial charge in [0.15, 0.2) is 0 Å². The monoisotopic (exact) mass is 441 g/mol. The van der Waals surface area contributed by atoms with Crippen LogP contribution in [0.3, 0.4) is 0 Å². The topological polar surface area (TPSA) is 79.4 Å². The number of anilines is 2. The van der Waals surface area contributed by atoms with E-state index in [0.29, 0.717) is 18.1 Å². The number of carbonyl (C=O) groups excluding carboxylic acids is 1. The number of aromatic nitrogens is 1. The first-order valence-electron chi connectivity index (χ1n) is 9.50. The number of aryl methyl sites for hydroxylation is 2. The second kappa shape index (κ2) is 8.08. The van der Waals surface area contributed by atoms with Gasteiger partial charge >= 0.3 is 0 Å². The van der Waals surface area contributed by atoms with E-state index in [4.69, 9.17) is 11.6 Å². The molecular formula is C22H20ClN3O3S. The van der Waals surface area contributed by atoms with Gasteiger partial charge in [-0.15, -0.1) is 0 Å². The van der Waals surface area contributed by atoms with E-state index in [-0.39, 0.29) is 15.5 Å². The first-order valence-corrected chi connectivity index (χ1v) is 11.3. The van der Waals surface area contributed by atoms with Gasteiger partial charge in [0.25, 0.3) is 15.9 Å². The summed E-state index contributed by atoms with van der Waals surface area (Å²) >= 11 is 6.22. The van der Waals surface area contributed by atoms with Crippen molar-refractivity contribution < 1.29 is 13.2 Å². The van der Waals surface area contributed by atoms with Gasteiger partial charge in [-0.2, -0.15) is 0 Å². The van der Waals surface area contributed by atoms with Gasteiger partial charge in [-0.05, 0) is 67.3 Å². The van der Waals surface area contributed by atoms with E-state index in [9.17, 15) is 13.2 Å². The average Bonchev–Trinajstić information content (AvgIpc) is 2.73. The molecule has 1 aliphatic rings. The van der Waals surface area contributed by atoms with Crippen LogP contribution in [0, 0.1) is 6.92 Å². The molecule has 0 aliphatic carbocycles. The number of nitrogens with one attached hydrogen (secondary N) is 1. The predicted molar refractivity (Wildman–Crippen MR) is 118 cm³/mol. The number of sulfonamides is 1. The maximum Gasteiger partial charge on any atom is 0.264 e. The molecule has 8 heteroatoms. The molecule has 0 radical (unpaired) electrons. The normalized spacial score (nSPS) is 13.6. The van der Waals surface area contributed by atoms with E-state index in [1.165, 1.54) is 22.5 Å². The second-order valence-electron chi connectivity index (χ2n) is 7.12. The number of nitrogens with zero attached hydrogens (tertiary/aromatic N) is 2. The van der Waals surface area contributed by atoms with Crippen LogP contribution >= 0.6 is 11.6 Å². The molecule has 2 aromatic carbocycles. The molecule has 0 bridgehead atoms. The van der Waals surface area contributed by atoms with Gasteiger partial charge in [-0.25, -0.2) is 13.4 Å². The van der Waals surface area contributed by atoms with Gasteiger partial charge in [0.05, 0.1) is 21.2 Å². The Morgan fingerprint density at radius 1 is 1.13 bits per heavy atom. The van der Waals surface area contributed by atoms with Crippen molar-refractivity contribution in [1.82, 2.24) is 4.98 Å². The molecule has 1 aromatic heterocycles. The van der Waals surface area contributed by atoms with E-state index in [2.05, 4.69) is 10.3 Å². The molecule has 1 N–H and O–H groups in total. The first kappa shape index (κ1) is 20.4. The van der Waals surface area contributed by atoms with Crippen molar-refractivity contribution in [1.29, 1.82) is 0 Å². The van der Waals surface area contributed by atoms with Gasteiger partial charge in [0, 0.05) is 12.7 Å². The molecule has 0 unspecified atom stereocenters. The molecule has 0 spiro atoms. The van der Waals surface area contributed by atoms with Crippen LogP contribution in [0.1, 0.15) is 27.9 Å². The summed E-state index contributed by atoms with van der Waals surface area (Å²) in [6, 6.07) is 15.2. The maximum atomic E-state index is 13.4. The minimum atomic E-state index is -3.85. The zero-order valence-electron chi connectivity index (χ0n) is 16.3. The number of fused-ring (bicyclic) bond motifs is 1. The van der Waals surface area contributed by atoms with Crippen LogP contribution in [0.5, 0.6) is 0 Å². The zero-order chi connectivity index (χ0) is 21.3. The molecule has 154 valence electrons. The number of amides is 1. The predicted octanol–water partition coefficient (Wildman–Crippen LogP) is 4.44. The Morgan fingerprint density at radius 3 is 2.73 bits per heavy atom. The van der Waals surface area contributed by atoms with E-state index >= 15 is 0 Å². The van der Waals surface area contributed by atoms with Crippen LogP contribution in [-0.2, 0) is 16.4 Å². The van der Waals surface area contributed by atoms with Gasteiger partial charge in [0.2, 0.25) is 0 Å². The largest absolute Gasteiger partial charge is 0.307 e. The van der Waals surface area contributed by atoms with Crippen molar-refractivity contribution in [3.05, 3.63) is 82.5 Å². The third kappa shape index (κ3) is 3.91. The highest BCUT2D eigenvalue weighted by atomic mass is 35.5. The van der Waals surface area contributed by atoms with Gasteiger partial charge in [0.1, 0.15) is 5.82 Å².